The van der Waals surface area contributed by atoms with Crippen LogP contribution in [0, 0.1) is 0 Å². The van der Waals surface area contributed by atoms with E-state index in [9.17, 15) is 9.59 Å². The molecule has 2 N–H and O–H groups in total. The van der Waals surface area contributed by atoms with Crippen LogP contribution in [0.4, 0.5) is 5.69 Å². The second-order valence-electron chi connectivity index (χ2n) is 7.96. The monoisotopic (exact) mass is 463 g/mol. The fourth-order valence-corrected chi connectivity index (χ4v) is 4.22. The number of benzene rings is 3. The number of carbonyl (C=O) groups is 2. The number of anilines is 1. The van der Waals surface area contributed by atoms with E-state index in [1.165, 1.54) is 7.11 Å². The smallest absolute Gasteiger partial charge is 0.313 e. The minimum Gasteiger partial charge on any atom is -0.497 e. The molecule has 1 aliphatic heterocycles. The van der Waals surface area contributed by atoms with E-state index in [0.29, 0.717) is 36.9 Å². The third-order valence-corrected chi connectivity index (χ3v) is 5.99. The van der Waals surface area contributed by atoms with Crippen molar-refractivity contribution in [2.75, 3.05) is 52.4 Å². The van der Waals surface area contributed by atoms with Gasteiger partial charge in [0.05, 0.1) is 39.2 Å². The molecule has 8 heteroatoms. The summed E-state index contributed by atoms with van der Waals surface area (Å²) in [5.41, 5.74) is 1.50. The van der Waals surface area contributed by atoms with Gasteiger partial charge in [-0.15, -0.1) is 0 Å². The molecule has 1 saturated heterocycles. The van der Waals surface area contributed by atoms with Gasteiger partial charge in [0.1, 0.15) is 11.5 Å². The van der Waals surface area contributed by atoms with Gasteiger partial charge in [-0.1, -0.05) is 42.5 Å². The van der Waals surface area contributed by atoms with Crippen molar-refractivity contribution in [2.45, 2.75) is 6.04 Å². The van der Waals surface area contributed by atoms with Gasteiger partial charge in [-0.05, 0) is 28.5 Å². The molecule has 4 rings (SSSR count). The summed E-state index contributed by atoms with van der Waals surface area (Å²) in [4.78, 5) is 27.6. The van der Waals surface area contributed by atoms with E-state index in [1.54, 1.807) is 25.3 Å². The lowest BCUT2D eigenvalue weighted by Crippen LogP contribution is -2.45. The summed E-state index contributed by atoms with van der Waals surface area (Å²) >= 11 is 0. The predicted molar refractivity (Wildman–Crippen MR) is 130 cm³/mol. The second kappa shape index (κ2) is 11.0. The van der Waals surface area contributed by atoms with Gasteiger partial charge in [-0.3, -0.25) is 14.5 Å². The van der Waals surface area contributed by atoms with Crippen molar-refractivity contribution in [1.82, 2.24) is 10.2 Å². The van der Waals surface area contributed by atoms with Crippen LogP contribution in [0.25, 0.3) is 10.8 Å². The Bertz CT molecular complexity index is 1150. The van der Waals surface area contributed by atoms with E-state index in [-0.39, 0.29) is 6.04 Å². The zero-order valence-electron chi connectivity index (χ0n) is 19.4. The number of amides is 2. The van der Waals surface area contributed by atoms with E-state index in [0.717, 1.165) is 29.4 Å². The highest BCUT2D eigenvalue weighted by Crippen LogP contribution is 2.30. The van der Waals surface area contributed by atoms with E-state index in [4.69, 9.17) is 14.2 Å². The molecule has 0 radical (unpaired) electrons. The maximum Gasteiger partial charge on any atom is 0.313 e. The van der Waals surface area contributed by atoms with Crippen molar-refractivity contribution in [3.8, 4) is 11.5 Å². The van der Waals surface area contributed by atoms with Gasteiger partial charge >= 0.3 is 11.8 Å². The lowest BCUT2D eigenvalue weighted by Gasteiger charge is -2.35. The van der Waals surface area contributed by atoms with Gasteiger partial charge < -0.3 is 24.8 Å². The molecule has 1 aliphatic rings. The molecule has 178 valence electrons. The Morgan fingerprint density at radius 2 is 1.74 bits per heavy atom. The van der Waals surface area contributed by atoms with Crippen molar-refractivity contribution in [1.29, 1.82) is 0 Å². The number of morpholine rings is 1. The standard InChI is InChI=1S/C26H29N3O5/c1-32-19-10-11-22(24(16-19)33-2)28-26(31)25(30)27-17-23(29-12-14-34-15-13-29)21-9-5-7-18-6-3-4-8-20(18)21/h3-11,16,23H,12-15,17H2,1-2H3,(H,27,30)(H,28,31)/t23-/m1/s1. The van der Waals surface area contributed by atoms with E-state index < -0.39 is 11.8 Å². The number of fused-ring (bicyclic) bond motifs is 1. The van der Waals surface area contributed by atoms with Crippen LogP contribution in [0.15, 0.2) is 60.7 Å². The molecule has 1 fully saturated rings. The first kappa shape index (κ1) is 23.5. The number of nitrogens with zero attached hydrogens (tertiary/aromatic N) is 1. The largest absolute Gasteiger partial charge is 0.497 e. The van der Waals surface area contributed by atoms with Crippen LogP contribution >= 0.6 is 0 Å². The lowest BCUT2D eigenvalue weighted by molar-refractivity contribution is -0.136. The Morgan fingerprint density at radius 1 is 0.971 bits per heavy atom. The molecule has 0 unspecified atom stereocenters. The third-order valence-electron chi connectivity index (χ3n) is 5.99. The van der Waals surface area contributed by atoms with Crippen molar-refractivity contribution in [2.24, 2.45) is 0 Å². The Morgan fingerprint density at radius 3 is 2.50 bits per heavy atom. The Hall–Kier alpha value is -3.62. The van der Waals surface area contributed by atoms with Gasteiger partial charge in [-0.25, -0.2) is 0 Å². The topological polar surface area (TPSA) is 89.1 Å². The highest BCUT2D eigenvalue weighted by atomic mass is 16.5. The first-order valence-corrected chi connectivity index (χ1v) is 11.2. The van der Waals surface area contributed by atoms with Crippen LogP contribution < -0.4 is 20.1 Å². The lowest BCUT2D eigenvalue weighted by atomic mass is 9.97. The summed E-state index contributed by atoms with van der Waals surface area (Å²) in [5, 5.41) is 7.71. The maximum atomic E-state index is 12.7. The number of ether oxygens (including phenoxy) is 3. The molecule has 1 heterocycles. The normalized spacial score (nSPS) is 14.9. The fourth-order valence-electron chi connectivity index (χ4n) is 4.22. The Kier molecular flexibility index (Phi) is 7.61. The maximum absolute atomic E-state index is 12.7. The Balaban J connectivity index is 1.50. The second-order valence-corrected chi connectivity index (χ2v) is 7.96. The van der Waals surface area contributed by atoms with Crippen LogP contribution in [-0.4, -0.2) is 63.8 Å². The zero-order valence-corrected chi connectivity index (χ0v) is 19.4. The van der Waals surface area contributed by atoms with Crippen molar-refractivity contribution >= 4 is 28.3 Å². The molecule has 34 heavy (non-hydrogen) atoms. The minimum absolute atomic E-state index is 0.0951. The molecular formula is C26H29N3O5. The number of nitrogens with one attached hydrogen (secondary N) is 2. The fraction of sp³-hybridized carbons (Fsp3) is 0.308. The zero-order chi connectivity index (χ0) is 23.9. The van der Waals surface area contributed by atoms with Gasteiger partial charge in [-0.2, -0.15) is 0 Å². The van der Waals surface area contributed by atoms with E-state index in [1.807, 2.05) is 18.2 Å². The number of rotatable bonds is 7. The molecule has 0 bridgehead atoms. The van der Waals surface area contributed by atoms with Crippen LogP contribution in [0.3, 0.4) is 0 Å². The summed E-state index contributed by atoms with van der Waals surface area (Å²) in [7, 11) is 3.03. The average molecular weight is 464 g/mol. The van der Waals surface area contributed by atoms with Crippen LogP contribution in [-0.2, 0) is 14.3 Å². The van der Waals surface area contributed by atoms with Crippen molar-refractivity contribution in [3.05, 3.63) is 66.2 Å². The average Bonchev–Trinajstić information content (AvgIpc) is 2.89. The van der Waals surface area contributed by atoms with Crippen molar-refractivity contribution in [3.63, 3.8) is 0 Å². The third kappa shape index (κ3) is 5.30. The van der Waals surface area contributed by atoms with Crippen LogP contribution in [0.2, 0.25) is 0 Å². The summed E-state index contributed by atoms with van der Waals surface area (Å²) in [5.74, 6) is -0.483. The van der Waals surface area contributed by atoms with Crippen molar-refractivity contribution < 1.29 is 23.8 Å². The quantitative estimate of drug-likeness (QED) is 0.524. The minimum atomic E-state index is -0.762. The molecule has 8 nitrogen and oxygen atoms in total. The molecular weight excluding hydrogens is 434 g/mol. The van der Waals surface area contributed by atoms with Gasteiger partial charge in [0.15, 0.2) is 0 Å². The number of methoxy groups -OCH3 is 2. The summed E-state index contributed by atoms with van der Waals surface area (Å²) < 4.78 is 16.0. The molecule has 3 aromatic rings. The molecule has 1 atom stereocenters. The first-order chi connectivity index (χ1) is 16.6. The molecule has 0 spiro atoms. The van der Waals surface area contributed by atoms with Gasteiger partial charge in [0.2, 0.25) is 0 Å². The molecule has 0 saturated carbocycles. The highest BCUT2D eigenvalue weighted by molar-refractivity contribution is 6.39. The summed E-state index contributed by atoms with van der Waals surface area (Å²) in [6.45, 7) is 3.05. The molecule has 0 aliphatic carbocycles. The van der Waals surface area contributed by atoms with Gasteiger partial charge in [0.25, 0.3) is 0 Å². The Labute approximate surface area is 198 Å². The highest BCUT2D eigenvalue weighted by Gasteiger charge is 2.26. The van der Waals surface area contributed by atoms with Crippen LogP contribution in [0.5, 0.6) is 11.5 Å². The van der Waals surface area contributed by atoms with E-state index >= 15 is 0 Å². The molecule has 0 aromatic heterocycles. The van der Waals surface area contributed by atoms with Gasteiger partial charge in [0, 0.05) is 25.7 Å². The number of hydrogen-bond donors (Lipinski definition) is 2. The molecule has 2 amide bonds. The number of carbonyl (C=O) groups excluding carboxylic acids is 2. The van der Waals surface area contributed by atoms with E-state index in [2.05, 4.69) is 39.8 Å². The predicted octanol–water partition coefficient (Wildman–Crippen LogP) is 2.99. The molecule has 3 aromatic carbocycles. The van der Waals surface area contributed by atoms with Crippen LogP contribution in [0.1, 0.15) is 11.6 Å². The number of hydrogen-bond acceptors (Lipinski definition) is 6. The summed E-state index contributed by atoms with van der Waals surface area (Å²) in [6, 6.07) is 19.2. The summed E-state index contributed by atoms with van der Waals surface area (Å²) in [6.07, 6.45) is 0. The first-order valence-electron chi connectivity index (χ1n) is 11.2. The SMILES string of the molecule is COc1ccc(NC(=O)C(=O)NC[C@H](c2cccc3ccccc23)N2CCOCC2)c(OC)c1.